The molecule has 8 nitrogen and oxygen atoms in total. The molecule has 28 heavy (non-hydrogen) atoms. The third-order valence-corrected chi connectivity index (χ3v) is 4.56. The van der Waals surface area contributed by atoms with Crippen molar-refractivity contribution in [2.45, 2.75) is 26.8 Å². The number of pyridine rings is 1. The van der Waals surface area contributed by atoms with E-state index in [4.69, 9.17) is 26.6 Å². The molecule has 0 saturated heterocycles. The molecule has 0 aliphatic heterocycles. The Morgan fingerprint density at radius 1 is 1.29 bits per heavy atom. The quantitative estimate of drug-likeness (QED) is 0.352. The number of guanidine groups is 1. The van der Waals surface area contributed by atoms with Crippen molar-refractivity contribution in [1.82, 2.24) is 19.9 Å². The van der Waals surface area contributed by atoms with Crippen LogP contribution in [0.15, 0.2) is 24.3 Å². The minimum absolute atomic E-state index is 0. The number of halogens is 1. The number of para-hydroxylation sites is 1. The monoisotopic (exact) mass is 405 g/mol. The normalized spacial score (nSPS) is 11.5. The standard InChI is InChI=1S/C19H27N7O.ClH/c1-19(2,10-23-18(21)22)11-26-14(8-9-27-3)25-15-16(26)12-6-4-5-7-13(12)24-17(15)20;/h4-7H,8-11H2,1-3H3,(H2,20,24)(H4,21,22,23);1H. The van der Waals surface area contributed by atoms with Crippen LogP contribution in [-0.2, 0) is 17.7 Å². The molecule has 0 unspecified atom stereocenters. The fraction of sp³-hybridized carbons (Fsp3) is 0.421. The van der Waals surface area contributed by atoms with Crippen molar-refractivity contribution in [2.75, 3.05) is 26.0 Å². The summed E-state index contributed by atoms with van der Waals surface area (Å²) in [5, 5.41) is 11.4. The van der Waals surface area contributed by atoms with Crippen LogP contribution in [-0.4, -0.2) is 40.8 Å². The number of nitrogen functional groups attached to an aromatic ring is 1. The van der Waals surface area contributed by atoms with Crippen LogP contribution in [0.1, 0.15) is 19.7 Å². The van der Waals surface area contributed by atoms with Crippen molar-refractivity contribution in [3.63, 3.8) is 0 Å². The zero-order chi connectivity index (χ0) is 19.6. The van der Waals surface area contributed by atoms with Gasteiger partial charge in [0.25, 0.3) is 0 Å². The summed E-state index contributed by atoms with van der Waals surface area (Å²) in [5.41, 5.74) is 14.1. The van der Waals surface area contributed by atoms with Crippen molar-refractivity contribution in [3.05, 3.63) is 30.1 Å². The van der Waals surface area contributed by atoms with E-state index < -0.39 is 0 Å². The highest BCUT2D eigenvalue weighted by Gasteiger charge is 2.24. The number of imidazole rings is 1. The molecule has 0 spiro atoms. The number of nitrogens with two attached hydrogens (primary N) is 2. The molecule has 0 aliphatic carbocycles. The molecule has 0 atom stereocenters. The lowest BCUT2D eigenvalue weighted by atomic mass is 9.93. The Bertz CT molecular complexity index is 983. The summed E-state index contributed by atoms with van der Waals surface area (Å²) in [6.07, 6.45) is 0.676. The van der Waals surface area contributed by atoms with Crippen molar-refractivity contribution in [1.29, 1.82) is 5.41 Å². The predicted octanol–water partition coefficient (Wildman–Crippen LogP) is 2.29. The summed E-state index contributed by atoms with van der Waals surface area (Å²) in [5.74, 6) is 1.31. The SMILES string of the molecule is COCCc1nc2c(N)nc3ccccc3c2n1CC(C)(C)CNC(=N)N.Cl. The highest BCUT2D eigenvalue weighted by atomic mass is 35.5. The number of nitrogens with one attached hydrogen (secondary N) is 2. The molecule has 2 heterocycles. The number of methoxy groups -OCH3 is 1. The Morgan fingerprint density at radius 2 is 2.00 bits per heavy atom. The Hall–Kier alpha value is -2.58. The smallest absolute Gasteiger partial charge is 0.185 e. The Balaban J connectivity index is 0.00000280. The number of ether oxygens (including phenoxy) is 1. The molecule has 1 aromatic carbocycles. The van der Waals surface area contributed by atoms with Crippen LogP contribution in [0.3, 0.4) is 0 Å². The number of aromatic nitrogens is 3. The first-order valence-corrected chi connectivity index (χ1v) is 8.92. The van der Waals surface area contributed by atoms with E-state index >= 15 is 0 Å². The maximum atomic E-state index is 7.43. The van der Waals surface area contributed by atoms with Gasteiger partial charge in [-0.25, -0.2) is 9.97 Å². The van der Waals surface area contributed by atoms with Gasteiger partial charge in [0.05, 0.1) is 17.6 Å². The van der Waals surface area contributed by atoms with E-state index in [0.717, 1.165) is 27.8 Å². The molecule has 9 heteroatoms. The second-order valence-electron chi connectivity index (χ2n) is 7.50. The van der Waals surface area contributed by atoms with E-state index in [1.165, 1.54) is 0 Å². The van der Waals surface area contributed by atoms with Gasteiger partial charge in [-0.2, -0.15) is 0 Å². The number of rotatable bonds is 7. The molecular formula is C19H28ClN7O. The van der Waals surface area contributed by atoms with Crippen LogP contribution in [0.5, 0.6) is 0 Å². The van der Waals surface area contributed by atoms with Gasteiger partial charge in [-0.05, 0) is 6.07 Å². The maximum absolute atomic E-state index is 7.43. The maximum Gasteiger partial charge on any atom is 0.185 e. The van der Waals surface area contributed by atoms with Gasteiger partial charge < -0.3 is 26.1 Å². The van der Waals surface area contributed by atoms with E-state index in [-0.39, 0.29) is 23.8 Å². The van der Waals surface area contributed by atoms with Gasteiger partial charge in [-0.15, -0.1) is 12.4 Å². The van der Waals surface area contributed by atoms with Crippen LogP contribution < -0.4 is 16.8 Å². The number of anilines is 1. The van der Waals surface area contributed by atoms with Crippen molar-refractivity contribution >= 4 is 46.1 Å². The Labute approximate surface area is 170 Å². The summed E-state index contributed by atoms with van der Waals surface area (Å²) in [7, 11) is 1.68. The largest absolute Gasteiger partial charge is 0.384 e. The average Bonchev–Trinajstić information content (AvgIpc) is 2.97. The molecule has 152 valence electrons. The minimum Gasteiger partial charge on any atom is -0.384 e. The van der Waals surface area contributed by atoms with Gasteiger partial charge >= 0.3 is 0 Å². The zero-order valence-corrected chi connectivity index (χ0v) is 17.3. The summed E-state index contributed by atoms with van der Waals surface area (Å²) >= 11 is 0. The minimum atomic E-state index is -0.166. The van der Waals surface area contributed by atoms with Gasteiger partial charge in [0, 0.05) is 37.4 Å². The highest BCUT2D eigenvalue weighted by molar-refractivity contribution is 6.06. The molecule has 0 bridgehead atoms. The van der Waals surface area contributed by atoms with Crippen LogP contribution in [0, 0.1) is 10.8 Å². The summed E-state index contributed by atoms with van der Waals surface area (Å²) in [6, 6.07) is 7.95. The fourth-order valence-electron chi connectivity index (χ4n) is 3.28. The lowest BCUT2D eigenvalue weighted by molar-refractivity contribution is 0.198. The Kier molecular flexibility index (Phi) is 6.69. The van der Waals surface area contributed by atoms with Crippen molar-refractivity contribution in [3.8, 4) is 0 Å². The first-order chi connectivity index (χ1) is 12.8. The number of benzene rings is 1. The van der Waals surface area contributed by atoms with E-state index in [1.807, 2.05) is 24.3 Å². The molecule has 0 radical (unpaired) electrons. The van der Waals surface area contributed by atoms with E-state index in [2.05, 4.69) is 28.7 Å². The lowest BCUT2D eigenvalue weighted by Gasteiger charge is -2.27. The van der Waals surface area contributed by atoms with Crippen LogP contribution >= 0.6 is 12.4 Å². The topological polar surface area (TPSA) is 128 Å². The molecular weight excluding hydrogens is 378 g/mol. The number of hydrogen-bond acceptors (Lipinski definition) is 5. The zero-order valence-electron chi connectivity index (χ0n) is 16.5. The molecule has 3 rings (SSSR count). The van der Waals surface area contributed by atoms with Crippen molar-refractivity contribution < 1.29 is 4.74 Å². The van der Waals surface area contributed by atoms with Gasteiger partial charge in [-0.3, -0.25) is 5.41 Å². The molecule has 0 amide bonds. The van der Waals surface area contributed by atoms with Gasteiger partial charge in [0.1, 0.15) is 11.3 Å². The first-order valence-electron chi connectivity index (χ1n) is 8.92. The van der Waals surface area contributed by atoms with E-state index in [1.54, 1.807) is 7.11 Å². The summed E-state index contributed by atoms with van der Waals surface area (Å²) in [6.45, 7) is 6.09. The molecule has 0 saturated carbocycles. The Morgan fingerprint density at radius 3 is 2.68 bits per heavy atom. The lowest BCUT2D eigenvalue weighted by Crippen LogP contribution is -2.39. The molecule has 0 fully saturated rings. The third kappa shape index (κ3) is 4.45. The predicted molar refractivity (Wildman–Crippen MR) is 116 cm³/mol. The van der Waals surface area contributed by atoms with E-state index in [9.17, 15) is 0 Å². The second-order valence-corrected chi connectivity index (χ2v) is 7.50. The van der Waals surface area contributed by atoms with Crippen LogP contribution in [0.25, 0.3) is 21.9 Å². The molecule has 3 aromatic rings. The molecule has 2 aromatic heterocycles. The summed E-state index contributed by atoms with van der Waals surface area (Å²) < 4.78 is 7.47. The first kappa shape index (κ1) is 21.7. The van der Waals surface area contributed by atoms with E-state index in [0.29, 0.717) is 31.9 Å². The number of fused-ring (bicyclic) bond motifs is 3. The van der Waals surface area contributed by atoms with Gasteiger partial charge in [0.15, 0.2) is 11.8 Å². The number of nitrogens with zero attached hydrogens (tertiary/aromatic N) is 3. The van der Waals surface area contributed by atoms with Crippen LogP contribution in [0.2, 0.25) is 0 Å². The third-order valence-electron chi connectivity index (χ3n) is 4.56. The van der Waals surface area contributed by atoms with Crippen molar-refractivity contribution in [2.24, 2.45) is 11.1 Å². The molecule has 0 aliphatic rings. The summed E-state index contributed by atoms with van der Waals surface area (Å²) in [4.78, 5) is 9.30. The fourth-order valence-corrected chi connectivity index (χ4v) is 3.28. The second kappa shape index (κ2) is 8.62. The highest BCUT2D eigenvalue weighted by Crippen LogP contribution is 2.31. The van der Waals surface area contributed by atoms with Crippen LogP contribution in [0.4, 0.5) is 5.82 Å². The van der Waals surface area contributed by atoms with Gasteiger partial charge in [-0.1, -0.05) is 32.0 Å². The molecule has 6 N–H and O–H groups in total. The number of hydrogen-bond donors (Lipinski definition) is 4. The average molecular weight is 406 g/mol. The van der Waals surface area contributed by atoms with Gasteiger partial charge in [0.2, 0.25) is 0 Å².